The van der Waals surface area contributed by atoms with Crippen LogP contribution in [0.5, 0.6) is 0 Å². The molecular weight excluding hydrogens is 383 g/mol. The summed E-state index contributed by atoms with van der Waals surface area (Å²) in [7, 11) is 0. The van der Waals surface area contributed by atoms with E-state index in [-0.39, 0.29) is 18.4 Å². The number of amides is 2. The van der Waals surface area contributed by atoms with Gasteiger partial charge in [-0.3, -0.25) is 14.5 Å². The van der Waals surface area contributed by atoms with Gasteiger partial charge in [0.1, 0.15) is 0 Å². The van der Waals surface area contributed by atoms with E-state index in [4.69, 9.17) is 0 Å². The van der Waals surface area contributed by atoms with Crippen molar-refractivity contribution in [3.63, 3.8) is 0 Å². The number of nitrogens with one attached hydrogen (secondary N) is 2. The number of benzene rings is 2. The van der Waals surface area contributed by atoms with Crippen molar-refractivity contribution in [1.82, 2.24) is 10.2 Å². The van der Waals surface area contributed by atoms with Gasteiger partial charge in [-0.25, -0.2) is 13.2 Å². The lowest BCUT2D eigenvalue weighted by atomic mass is 9.96. The molecule has 1 saturated heterocycles. The lowest BCUT2D eigenvalue weighted by Crippen LogP contribution is -2.44. The van der Waals surface area contributed by atoms with Crippen LogP contribution in [-0.4, -0.2) is 36.3 Å². The van der Waals surface area contributed by atoms with Crippen LogP contribution in [-0.2, 0) is 16.1 Å². The summed E-state index contributed by atoms with van der Waals surface area (Å²) in [6, 6.07) is 11.6. The normalized spacial score (nSPS) is 17.0. The van der Waals surface area contributed by atoms with Gasteiger partial charge in [-0.15, -0.1) is 0 Å². The Labute approximate surface area is 166 Å². The molecule has 154 valence electrons. The number of hydrogen-bond acceptors (Lipinski definition) is 3. The molecule has 1 heterocycles. The monoisotopic (exact) mass is 405 g/mol. The Bertz CT molecular complexity index is 877. The van der Waals surface area contributed by atoms with Gasteiger partial charge in [-0.1, -0.05) is 30.3 Å². The topological polar surface area (TPSA) is 61.4 Å². The Morgan fingerprint density at radius 1 is 1.03 bits per heavy atom. The predicted octanol–water partition coefficient (Wildman–Crippen LogP) is 3.07. The number of rotatable bonds is 6. The van der Waals surface area contributed by atoms with Gasteiger partial charge in [0.15, 0.2) is 17.5 Å². The molecule has 2 N–H and O–H groups in total. The summed E-state index contributed by atoms with van der Waals surface area (Å²) in [5.41, 5.74) is 0.691. The van der Waals surface area contributed by atoms with Gasteiger partial charge in [0.05, 0.1) is 18.2 Å². The maximum atomic E-state index is 13.6. The Hall–Kier alpha value is -2.87. The summed E-state index contributed by atoms with van der Waals surface area (Å²) in [5.74, 6) is -5.71. The third-order valence-electron chi connectivity index (χ3n) is 4.86. The van der Waals surface area contributed by atoms with Gasteiger partial charge in [-0.05, 0) is 37.1 Å². The second-order valence-electron chi connectivity index (χ2n) is 7.05. The fourth-order valence-corrected chi connectivity index (χ4v) is 3.38. The van der Waals surface area contributed by atoms with Crippen LogP contribution in [0, 0.1) is 23.4 Å². The second-order valence-corrected chi connectivity index (χ2v) is 7.05. The summed E-state index contributed by atoms with van der Waals surface area (Å²) < 4.78 is 39.8. The summed E-state index contributed by atoms with van der Waals surface area (Å²) >= 11 is 0. The Balaban J connectivity index is 1.48. The van der Waals surface area contributed by atoms with Crippen molar-refractivity contribution in [2.45, 2.75) is 19.4 Å². The van der Waals surface area contributed by atoms with Gasteiger partial charge in [0, 0.05) is 13.1 Å². The van der Waals surface area contributed by atoms with E-state index >= 15 is 0 Å². The Morgan fingerprint density at radius 3 is 2.55 bits per heavy atom. The molecule has 0 radical (unpaired) electrons. The van der Waals surface area contributed by atoms with E-state index in [1.807, 2.05) is 30.3 Å². The van der Waals surface area contributed by atoms with Crippen molar-refractivity contribution in [3.8, 4) is 0 Å². The minimum atomic E-state index is -1.66. The summed E-state index contributed by atoms with van der Waals surface area (Å²) in [5, 5.41) is 4.67. The first-order valence-electron chi connectivity index (χ1n) is 9.41. The Kier molecular flexibility index (Phi) is 6.87. The van der Waals surface area contributed by atoms with Crippen molar-refractivity contribution in [3.05, 3.63) is 65.5 Å². The highest BCUT2D eigenvalue weighted by molar-refractivity contribution is 5.94. The van der Waals surface area contributed by atoms with E-state index in [9.17, 15) is 22.8 Å². The molecule has 0 bridgehead atoms. The van der Waals surface area contributed by atoms with Crippen LogP contribution in [0.15, 0.2) is 42.5 Å². The van der Waals surface area contributed by atoms with Crippen LogP contribution in [0.3, 0.4) is 0 Å². The van der Waals surface area contributed by atoms with Crippen LogP contribution >= 0.6 is 0 Å². The van der Waals surface area contributed by atoms with Crippen molar-refractivity contribution >= 4 is 17.5 Å². The van der Waals surface area contributed by atoms with Crippen molar-refractivity contribution in [2.24, 2.45) is 5.92 Å². The molecule has 5 nitrogen and oxygen atoms in total. The molecule has 1 unspecified atom stereocenters. The molecule has 1 aliphatic heterocycles. The first-order valence-corrected chi connectivity index (χ1v) is 9.41. The number of hydrogen-bond donors (Lipinski definition) is 2. The van der Waals surface area contributed by atoms with Gasteiger partial charge in [0.2, 0.25) is 11.8 Å². The van der Waals surface area contributed by atoms with Crippen molar-refractivity contribution in [2.75, 3.05) is 25.0 Å². The highest BCUT2D eigenvalue weighted by atomic mass is 19.2. The summed E-state index contributed by atoms with van der Waals surface area (Å²) in [4.78, 5) is 26.5. The molecule has 1 aliphatic rings. The van der Waals surface area contributed by atoms with Crippen LogP contribution in [0.25, 0.3) is 0 Å². The minimum Gasteiger partial charge on any atom is -0.347 e. The zero-order chi connectivity index (χ0) is 20.8. The van der Waals surface area contributed by atoms with Gasteiger partial charge >= 0.3 is 0 Å². The van der Waals surface area contributed by atoms with Gasteiger partial charge in [0.25, 0.3) is 0 Å². The highest BCUT2D eigenvalue weighted by Gasteiger charge is 2.26. The maximum absolute atomic E-state index is 13.6. The first kappa shape index (κ1) is 20.9. The molecule has 2 aromatic carbocycles. The molecule has 0 aliphatic carbocycles. The molecule has 1 fully saturated rings. The van der Waals surface area contributed by atoms with Crippen LogP contribution in [0.1, 0.15) is 18.4 Å². The fourth-order valence-electron chi connectivity index (χ4n) is 3.38. The number of nitrogens with zero attached hydrogens (tertiary/aromatic N) is 1. The highest BCUT2D eigenvalue weighted by Crippen LogP contribution is 2.20. The van der Waals surface area contributed by atoms with Gasteiger partial charge in [-0.2, -0.15) is 0 Å². The molecule has 0 aromatic heterocycles. The van der Waals surface area contributed by atoms with Crippen LogP contribution in [0.4, 0.5) is 18.9 Å². The lowest BCUT2D eigenvalue weighted by Gasteiger charge is -2.32. The van der Waals surface area contributed by atoms with Crippen LogP contribution < -0.4 is 10.6 Å². The molecule has 0 saturated carbocycles. The van der Waals surface area contributed by atoms with Crippen molar-refractivity contribution in [1.29, 1.82) is 0 Å². The largest absolute Gasteiger partial charge is 0.347 e. The van der Waals surface area contributed by atoms with E-state index in [0.29, 0.717) is 6.54 Å². The zero-order valence-electron chi connectivity index (χ0n) is 15.8. The lowest BCUT2D eigenvalue weighted by molar-refractivity contribution is -0.128. The van der Waals surface area contributed by atoms with E-state index in [0.717, 1.165) is 38.1 Å². The molecule has 8 heteroatoms. The fraction of sp³-hybridized carbons (Fsp3) is 0.333. The van der Waals surface area contributed by atoms with Crippen LogP contribution in [0.2, 0.25) is 0 Å². The quantitative estimate of drug-likeness (QED) is 0.727. The third kappa shape index (κ3) is 5.57. The number of anilines is 1. The number of halogens is 3. The number of carbonyl (C=O) groups excluding carboxylic acids is 2. The van der Waals surface area contributed by atoms with E-state index in [1.165, 1.54) is 5.56 Å². The average Bonchev–Trinajstić information content (AvgIpc) is 2.73. The summed E-state index contributed by atoms with van der Waals surface area (Å²) in [6.45, 7) is 1.85. The third-order valence-corrected chi connectivity index (χ3v) is 4.86. The van der Waals surface area contributed by atoms with Gasteiger partial charge < -0.3 is 10.6 Å². The molecule has 3 rings (SSSR count). The zero-order valence-corrected chi connectivity index (χ0v) is 15.8. The van der Waals surface area contributed by atoms with E-state index in [2.05, 4.69) is 15.5 Å². The summed E-state index contributed by atoms with van der Waals surface area (Å²) in [6.07, 6.45) is 1.59. The number of carbonyl (C=O) groups is 2. The number of likely N-dealkylation sites (tertiary alicyclic amines) is 1. The second kappa shape index (κ2) is 9.56. The molecule has 29 heavy (non-hydrogen) atoms. The van der Waals surface area contributed by atoms with E-state index in [1.54, 1.807) is 0 Å². The smallest absolute Gasteiger partial charge is 0.243 e. The molecule has 0 spiro atoms. The van der Waals surface area contributed by atoms with E-state index < -0.39 is 29.0 Å². The molecule has 1 atom stereocenters. The standard InChI is InChI=1S/C21H22F3N3O2/c22-16-8-9-17(20(24)19(16)23)26-18(28)11-25-21(29)15-7-4-10-27(13-15)12-14-5-2-1-3-6-14/h1-3,5-6,8-9,15H,4,7,10-13H2,(H,25,29)(H,26,28). The SMILES string of the molecule is O=C(CNC(=O)C1CCCN(Cc2ccccc2)C1)Nc1ccc(F)c(F)c1F. The van der Waals surface area contributed by atoms with Crippen molar-refractivity contribution < 1.29 is 22.8 Å². The predicted molar refractivity (Wildman–Crippen MR) is 102 cm³/mol. The Morgan fingerprint density at radius 2 is 1.79 bits per heavy atom. The molecular formula is C21H22F3N3O2. The molecule has 2 amide bonds. The first-order chi connectivity index (χ1) is 13.9. The molecule has 2 aromatic rings. The number of piperidine rings is 1. The maximum Gasteiger partial charge on any atom is 0.243 e. The minimum absolute atomic E-state index is 0.250. The average molecular weight is 405 g/mol.